The standard InChI is InChI=1S/C32H35N3O5/c1-4-22(19-36)35-28-31(39)34(24-18-20(2)13-14-21(24)3)17-9-15-32(28)27(30(35)38)26-25(40-32)12-8-16-33(29(26)37)23-10-6-5-7-11-23/h5-15,18,22,25-28,36H,4,16-17,19H2,1-3H3/t22-,25+,26-,27-,28?,32-/m0/s1. The lowest BCUT2D eigenvalue weighted by Crippen LogP contribution is -2.58. The monoisotopic (exact) mass is 541 g/mol. The summed E-state index contributed by atoms with van der Waals surface area (Å²) in [4.78, 5) is 48.1. The van der Waals surface area contributed by atoms with E-state index in [0.717, 1.165) is 22.5 Å². The quantitative estimate of drug-likeness (QED) is 0.588. The normalized spacial score (nSPS) is 30.2. The molecule has 6 atom stereocenters. The van der Waals surface area contributed by atoms with Gasteiger partial charge < -0.3 is 24.5 Å². The molecular weight excluding hydrogens is 506 g/mol. The molecule has 4 aliphatic heterocycles. The number of aryl methyl sites for hydroxylation is 2. The van der Waals surface area contributed by atoms with Crippen molar-refractivity contribution in [1.29, 1.82) is 0 Å². The van der Waals surface area contributed by atoms with Crippen LogP contribution < -0.4 is 9.80 Å². The van der Waals surface area contributed by atoms with E-state index in [-0.39, 0.29) is 24.3 Å². The zero-order valence-electron chi connectivity index (χ0n) is 23.1. The van der Waals surface area contributed by atoms with E-state index < -0.39 is 35.6 Å². The van der Waals surface area contributed by atoms with Crippen molar-refractivity contribution >= 4 is 29.1 Å². The molecule has 3 amide bonds. The Labute approximate surface area is 234 Å². The molecule has 8 heteroatoms. The minimum absolute atomic E-state index is 0.203. The van der Waals surface area contributed by atoms with Crippen LogP contribution in [0.4, 0.5) is 11.4 Å². The number of hydrogen-bond donors (Lipinski definition) is 1. The van der Waals surface area contributed by atoms with Crippen molar-refractivity contribution in [3.8, 4) is 0 Å². The van der Waals surface area contributed by atoms with Gasteiger partial charge in [0, 0.05) is 24.5 Å². The molecule has 1 N–H and O–H groups in total. The van der Waals surface area contributed by atoms with Gasteiger partial charge in [0.1, 0.15) is 11.6 Å². The molecular formula is C32H35N3O5. The van der Waals surface area contributed by atoms with E-state index in [0.29, 0.717) is 19.5 Å². The second-order valence-corrected chi connectivity index (χ2v) is 11.2. The lowest BCUT2D eigenvalue weighted by atomic mass is 9.77. The number of rotatable bonds is 5. The number of carbonyl (C=O) groups excluding carboxylic acids is 3. The van der Waals surface area contributed by atoms with Gasteiger partial charge in [0.15, 0.2) is 0 Å². The van der Waals surface area contributed by atoms with E-state index in [1.807, 2.05) is 93.6 Å². The average Bonchev–Trinajstić information content (AvgIpc) is 3.27. The highest BCUT2D eigenvalue weighted by Crippen LogP contribution is 2.54. The summed E-state index contributed by atoms with van der Waals surface area (Å²) in [6.45, 7) is 6.21. The summed E-state index contributed by atoms with van der Waals surface area (Å²) in [6.07, 6.45) is 7.30. The number of aliphatic hydroxyl groups excluding tert-OH is 1. The Bertz CT molecular complexity index is 1400. The van der Waals surface area contributed by atoms with Crippen LogP contribution in [0.25, 0.3) is 0 Å². The molecule has 40 heavy (non-hydrogen) atoms. The van der Waals surface area contributed by atoms with E-state index in [9.17, 15) is 19.5 Å². The SMILES string of the molecule is CC[C@@H](CO)N1C(=O)[C@@H]2[C@H]3C(=O)N(c4ccccc4)CC=C[C@H]3O[C@@]23C=CCN(c2cc(C)ccc2C)C(=O)C13. The van der Waals surface area contributed by atoms with Crippen molar-refractivity contribution in [2.24, 2.45) is 11.8 Å². The second kappa shape index (κ2) is 10.0. The molecule has 0 aromatic heterocycles. The first kappa shape index (κ1) is 26.5. The largest absolute Gasteiger partial charge is 0.394 e. The van der Waals surface area contributed by atoms with Gasteiger partial charge in [0.05, 0.1) is 30.6 Å². The van der Waals surface area contributed by atoms with Crippen LogP contribution in [0.5, 0.6) is 0 Å². The third-order valence-corrected chi connectivity index (χ3v) is 8.90. The number of aliphatic hydroxyl groups is 1. The fourth-order valence-corrected chi connectivity index (χ4v) is 6.95. The summed E-state index contributed by atoms with van der Waals surface area (Å²) in [5.41, 5.74) is 2.15. The molecule has 0 saturated carbocycles. The highest BCUT2D eigenvalue weighted by molar-refractivity contribution is 6.07. The predicted molar refractivity (Wildman–Crippen MR) is 152 cm³/mol. The van der Waals surface area contributed by atoms with Crippen LogP contribution in [-0.4, -0.2) is 71.2 Å². The van der Waals surface area contributed by atoms with E-state index in [1.165, 1.54) is 4.90 Å². The summed E-state index contributed by atoms with van der Waals surface area (Å²) in [5.74, 6) is -2.50. The fraction of sp³-hybridized carbons (Fsp3) is 0.406. The number of para-hydroxylation sites is 1. The van der Waals surface area contributed by atoms with Gasteiger partial charge in [-0.05, 0) is 49.6 Å². The number of hydrogen-bond acceptors (Lipinski definition) is 5. The second-order valence-electron chi connectivity index (χ2n) is 11.2. The average molecular weight is 542 g/mol. The number of likely N-dealkylation sites (tertiary alicyclic amines) is 1. The highest BCUT2D eigenvalue weighted by atomic mass is 16.5. The molecule has 8 nitrogen and oxygen atoms in total. The third-order valence-electron chi connectivity index (χ3n) is 8.90. The van der Waals surface area contributed by atoms with Gasteiger partial charge in [0.2, 0.25) is 11.8 Å². The van der Waals surface area contributed by atoms with Crippen LogP contribution in [0.1, 0.15) is 24.5 Å². The molecule has 208 valence electrons. The Kier molecular flexibility index (Phi) is 6.63. The van der Waals surface area contributed by atoms with Gasteiger partial charge in [-0.3, -0.25) is 14.4 Å². The summed E-state index contributed by atoms with van der Waals surface area (Å²) in [6, 6.07) is 13.8. The van der Waals surface area contributed by atoms with Crippen molar-refractivity contribution in [1.82, 2.24) is 4.90 Å². The molecule has 0 radical (unpaired) electrons. The van der Waals surface area contributed by atoms with Crippen molar-refractivity contribution in [3.63, 3.8) is 0 Å². The molecule has 2 fully saturated rings. The molecule has 1 unspecified atom stereocenters. The van der Waals surface area contributed by atoms with E-state index in [2.05, 4.69) is 0 Å². The molecule has 0 bridgehead atoms. The van der Waals surface area contributed by atoms with Gasteiger partial charge >= 0.3 is 0 Å². The zero-order valence-corrected chi connectivity index (χ0v) is 23.1. The summed E-state index contributed by atoms with van der Waals surface area (Å²) >= 11 is 0. The molecule has 2 aromatic rings. The molecule has 4 heterocycles. The number of nitrogens with zero attached hydrogens (tertiary/aromatic N) is 3. The number of carbonyl (C=O) groups is 3. The maximum Gasteiger partial charge on any atom is 0.253 e. The van der Waals surface area contributed by atoms with Gasteiger partial charge in [-0.2, -0.15) is 0 Å². The topological polar surface area (TPSA) is 90.4 Å². The Morgan fingerprint density at radius 1 is 0.975 bits per heavy atom. The third kappa shape index (κ3) is 3.84. The van der Waals surface area contributed by atoms with Gasteiger partial charge in [-0.15, -0.1) is 0 Å². The van der Waals surface area contributed by atoms with Crippen LogP contribution >= 0.6 is 0 Å². The number of amides is 3. The number of fused-ring (bicyclic) bond motifs is 2. The lowest BCUT2D eigenvalue weighted by molar-refractivity contribution is -0.144. The summed E-state index contributed by atoms with van der Waals surface area (Å²) < 4.78 is 6.73. The van der Waals surface area contributed by atoms with Gasteiger partial charge in [-0.1, -0.05) is 61.6 Å². The summed E-state index contributed by atoms with van der Waals surface area (Å²) in [5, 5.41) is 10.3. The number of anilines is 2. The van der Waals surface area contributed by atoms with Crippen molar-refractivity contribution in [2.75, 3.05) is 29.5 Å². The van der Waals surface area contributed by atoms with Crippen LogP contribution in [0, 0.1) is 25.7 Å². The molecule has 0 aliphatic carbocycles. The first-order valence-electron chi connectivity index (χ1n) is 14.0. The Balaban J connectivity index is 1.48. The van der Waals surface area contributed by atoms with Crippen LogP contribution in [0.3, 0.4) is 0 Å². The van der Waals surface area contributed by atoms with Gasteiger partial charge in [-0.25, -0.2) is 0 Å². The minimum atomic E-state index is -1.34. The first-order valence-corrected chi connectivity index (χ1v) is 14.0. The molecule has 2 saturated heterocycles. The first-order chi connectivity index (χ1) is 19.3. The Morgan fingerprint density at radius 2 is 1.73 bits per heavy atom. The fourth-order valence-electron chi connectivity index (χ4n) is 6.95. The molecule has 6 rings (SSSR count). The van der Waals surface area contributed by atoms with E-state index in [1.54, 1.807) is 9.80 Å². The van der Waals surface area contributed by atoms with Crippen molar-refractivity contribution in [2.45, 2.75) is 51.0 Å². The number of ether oxygens (including phenoxy) is 1. The maximum atomic E-state index is 14.6. The van der Waals surface area contributed by atoms with E-state index in [4.69, 9.17) is 4.74 Å². The Morgan fingerprint density at radius 3 is 2.45 bits per heavy atom. The van der Waals surface area contributed by atoms with E-state index >= 15 is 0 Å². The van der Waals surface area contributed by atoms with Crippen molar-refractivity contribution in [3.05, 3.63) is 84.0 Å². The smallest absolute Gasteiger partial charge is 0.253 e. The lowest BCUT2D eigenvalue weighted by Gasteiger charge is -2.38. The Hall–Kier alpha value is -3.75. The molecule has 1 spiro atoms. The summed E-state index contributed by atoms with van der Waals surface area (Å²) in [7, 11) is 0. The van der Waals surface area contributed by atoms with Crippen molar-refractivity contribution < 1.29 is 24.2 Å². The predicted octanol–water partition coefficient (Wildman–Crippen LogP) is 3.16. The highest BCUT2D eigenvalue weighted by Gasteiger charge is 2.72. The number of benzene rings is 2. The van der Waals surface area contributed by atoms with Crippen LogP contribution in [0.15, 0.2) is 72.8 Å². The minimum Gasteiger partial charge on any atom is -0.394 e. The van der Waals surface area contributed by atoms with Gasteiger partial charge in [0.25, 0.3) is 5.91 Å². The van der Waals surface area contributed by atoms with Crippen LogP contribution in [0.2, 0.25) is 0 Å². The van der Waals surface area contributed by atoms with Crippen LogP contribution in [-0.2, 0) is 19.1 Å². The molecule has 2 aromatic carbocycles. The maximum absolute atomic E-state index is 14.6. The molecule has 4 aliphatic rings. The zero-order chi connectivity index (χ0) is 28.2.